The number of Topliss-reactive ketones (excluding diaryl/α,β-unsaturated/α-hetero) is 1. The lowest BCUT2D eigenvalue weighted by Gasteiger charge is -2.39. The molecule has 1 heterocycles. The average molecular weight is 391 g/mol. The second kappa shape index (κ2) is 7.66. The summed E-state index contributed by atoms with van der Waals surface area (Å²) in [4.78, 5) is 25.9. The van der Waals surface area contributed by atoms with E-state index in [1.807, 2.05) is 30.3 Å². The van der Waals surface area contributed by atoms with Gasteiger partial charge in [-0.1, -0.05) is 48.5 Å². The Morgan fingerprint density at radius 1 is 1.03 bits per heavy atom. The van der Waals surface area contributed by atoms with Crippen molar-refractivity contribution in [2.75, 3.05) is 7.11 Å². The number of fused-ring (bicyclic) bond motifs is 1. The standard InChI is InChI=1S/C24H22FNO3/c1-14-21(24(28)29-2)22(16-8-10-18(25)11-9-16)23-19(26-14)12-17(13-20(23)27)15-6-4-3-5-7-15/h3-12,17,22-23,26H,13H2,1-2H3. The number of hydrogen-bond donors (Lipinski definition) is 1. The highest BCUT2D eigenvalue weighted by atomic mass is 19.1. The molecule has 1 N–H and O–H groups in total. The largest absolute Gasteiger partial charge is 0.466 e. The molecule has 4 rings (SSSR count). The predicted molar refractivity (Wildman–Crippen MR) is 107 cm³/mol. The molecule has 3 unspecified atom stereocenters. The summed E-state index contributed by atoms with van der Waals surface area (Å²) in [5, 5.41) is 3.27. The minimum absolute atomic E-state index is 0.0243. The van der Waals surface area contributed by atoms with E-state index in [4.69, 9.17) is 4.74 Å². The van der Waals surface area contributed by atoms with E-state index in [1.54, 1.807) is 19.1 Å². The molecule has 2 aliphatic rings. The van der Waals surface area contributed by atoms with Crippen molar-refractivity contribution in [2.45, 2.75) is 25.2 Å². The molecule has 0 saturated heterocycles. The first-order valence-electron chi connectivity index (χ1n) is 9.60. The molecule has 0 saturated carbocycles. The predicted octanol–water partition coefficient (Wildman–Crippen LogP) is 4.22. The Hall–Kier alpha value is -3.21. The number of benzene rings is 2. The minimum Gasteiger partial charge on any atom is -0.466 e. The lowest BCUT2D eigenvalue weighted by atomic mass is 9.68. The van der Waals surface area contributed by atoms with E-state index >= 15 is 0 Å². The number of rotatable bonds is 3. The number of esters is 1. The van der Waals surface area contributed by atoms with Gasteiger partial charge in [0.25, 0.3) is 0 Å². The Morgan fingerprint density at radius 3 is 2.38 bits per heavy atom. The number of nitrogens with one attached hydrogen (secondary N) is 1. The molecule has 0 spiro atoms. The van der Waals surface area contributed by atoms with Crippen molar-refractivity contribution in [1.82, 2.24) is 5.32 Å². The number of ketones is 1. The van der Waals surface area contributed by atoms with Crippen LogP contribution in [0.4, 0.5) is 4.39 Å². The molecule has 0 radical (unpaired) electrons. The van der Waals surface area contributed by atoms with Crippen molar-refractivity contribution in [3.63, 3.8) is 0 Å². The van der Waals surface area contributed by atoms with Crippen molar-refractivity contribution in [2.24, 2.45) is 5.92 Å². The van der Waals surface area contributed by atoms with Crippen LogP contribution in [0.1, 0.15) is 36.3 Å². The lowest BCUT2D eigenvalue weighted by Crippen LogP contribution is -2.41. The highest BCUT2D eigenvalue weighted by molar-refractivity contribution is 5.96. The van der Waals surface area contributed by atoms with Crippen molar-refractivity contribution >= 4 is 11.8 Å². The molecular weight excluding hydrogens is 369 g/mol. The maximum Gasteiger partial charge on any atom is 0.336 e. The summed E-state index contributed by atoms with van der Waals surface area (Å²) in [7, 11) is 1.32. The highest BCUT2D eigenvalue weighted by Crippen LogP contribution is 2.46. The third-order valence-corrected chi connectivity index (χ3v) is 5.73. The van der Waals surface area contributed by atoms with Gasteiger partial charge in [-0.2, -0.15) is 0 Å². The Labute approximate surface area is 169 Å². The molecule has 4 nitrogen and oxygen atoms in total. The maximum absolute atomic E-state index is 13.5. The molecule has 1 aliphatic carbocycles. The molecule has 148 valence electrons. The zero-order valence-electron chi connectivity index (χ0n) is 16.3. The van der Waals surface area contributed by atoms with Crippen LogP contribution in [0.2, 0.25) is 0 Å². The highest BCUT2D eigenvalue weighted by Gasteiger charge is 2.44. The van der Waals surface area contributed by atoms with Gasteiger partial charge in [0.2, 0.25) is 0 Å². The fourth-order valence-electron chi connectivity index (χ4n) is 4.40. The van der Waals surface area contributed by atoms with Gasteiger partial charge in [-0.3, -0.25) is 4.79 Å². The van der Waals surface area contributed by atoms with Gasteiger partial charge in [-0.25, -0.2) is 9.18 Å². The maximum atomic E-state index is 13.5. The van der Waals surface area contributed by atoms with Gasteiger partial charge in [0.1, 0.15) is 11.6 Å². The Bertz CT molecular complexity index is 1010. The molecule has 0 bridgehead atoms. The van der Waals surface area contributed by atoms with Crippen LogP contribution in [-0.4, -0.2) is 18.9 Å². The van der Waals surface area contributed by atoms with Gasteiger partial charge in [-0.05, 0) is 30.2 Å². The first kappa shape index (κ1) is 19.1. The summed E-state index contributed by atoms with van der Waals surface area (Å²) in [5.74, 6) is -1.87. The van der Waals surface area contributed by atoms with Crippen LogP contribution in [0.25, 0.3) is 0 Å². The molecule has 0 fully saturated rings. The van der Waals surface area contributed by atoms with Gasteiger partial charge in [0, 0.05) is 29.7 Å². The third-order valence-electron chi connectivity index (χ3n) is 5.73. The zero-order valence-corrected chi connectivity index (χ0v) is 16.3. The molecule has 29 heavy (non-hydrogen) atoms. The van der Waals surface area contributed by atoms with Gasteiger partial charge >= 0.3 is 5.97 Å². The molecule has 1 aliphatic heterocycles. The summed E-state index contributed by atoms with van der Waals surface area (Å²) in [6.07, 6.45) is 2.43. The number of ether oxygens (including phenoxy) is 1. The van der Waals surface area contributed by atoms with E-state index in [0.717, 1.165) is 16.8 Å². The van der Waals surface area contributed by atoms with E-state index in [9.17, 15) is 14.0 Å². The zero-order chi connectivity index (χ0) is 20.5. The van der Waals surface area contributed by atoms with Gasteiger partial charge in [0.05, 0.1) is 18.6 Å². The molecule has 0 aromatic heterocycles. The van der Waals surface area contributed by atoms with E-state index in [2.05, 4.69) is 11.4 Å². The van der Waals surface area contributed by atoms with Crippen LogP contribution < -0.4 is 5.32 Å². The number of halogens is 1. The SMILES string of the molecule is COC(=O)C1=C(C)NC2=CC(c3ccccc3)CC(=O)C2C1c1ccc(F)cc1. The molecular formula is C24H22FNO3. The first-order chi connectivity index (χ1) is 14.0. The average Bonchev–Trinajstić information content (AvgIpc) is 2.73. The fourth-order valence-corrected chi connectivity index (χ4v) is 4.40. The van der Waals surface area contributed by atoms with Crippen LogP contribution >= 0.6 is 0 Å². The summed E-state index contributed by atoms with van der Waals surface area (Å²) in [5.41, 5.74) is 3.64. The summed E-state index contributed by atoms with van der Waals surface area (Å²) in [6, 6.07) is 15.9. The Balaban J connectivity index is 1.84. The minimum atomic E-state index is -0.529. The summed E-state index contributed by atoms with van der Waals surface area (Å²) in [6.45, 7) is 1.80. The van der Waals surface area contributed by atoms with Gasteiger partial charge in [-0.15, -0.1) is 0 Å². The first-order valence-corrected chi connectivity index (χ1v) is 9.60. The molecule has 3 atom stereocenters. The smallest absolute Gasteiger partial charge is 0.336 e. The van der Waals surface area contributed by atoms with Gasteiger partial charge in [0.15, 0.2) is 0 Å². The molecule has 5 heteroatoms. The third kappa shape index (κ3) is 3.48. The number of carbonyl (C=O) groups excluding carboxylic acids is 2. The normalized spacial score (nSPS) is 23.8. The van der Waals surface area contributed by atoms with Crippen molar-refractivity contribution in [3.05, 3.63) is 94.6 Å². The van der Waals surface area contributed by atoms with E-state index in [-0.39, 0.29) is 17.5 Å². The lowest BCUT2D eigenvalue weighted by molar-refractivity contribution is -0.136. The quantitative estimate of drug-likeness (QED) is 0.796. The monoisotopic (exact) mass is 391 g/mol. The molecule has 2 aromatic rings. The number of methoxy groups -OCH3 is 1. The van der Waals surface area contributed by atoms with Crippen molar-refractivity contribution < 1.29 is 18.7 Å². The van der Waals surface area contributed by atoms with E-state index in [0.29, 0.717) is 17.7 Å². The van der Waals surface area contributed by atoms with Crippen LogP contribution in [0, 0.1) is 11.7 Å². The summed E-state index contributed by atoms with van der Waals surface area (Å²) < 4.78 is 18.5. The van der Waals surface area contributed by atoms with Crippen molar-refractivity contribution in [1.29, 1.82) is 0 Å². The molecule has 2 aromatic carbocycles. The number of carbonyl (C=O) groups is 2. The van der Waals surface area contributed by atoms with Crippen LogP contribution in [-0.2, 0) is 14.3 Å². The van der Waals surface area contributed by atoms with E-state index in [1.165, 1.54) is 19.2 Å². The fraction of sp³-hybridized carbons (Fsp3) is 0.250. The number of allylic oxidation sites excluding steroid dienone is 3. The second-order valence-electron chi connectivity index (χ2n) is 7.47. The number of hydrogen-bond acceptors (Lipinski definition) is 4. The van der Waals surface area contributed by atoms with E-state index < -0.39 is 17.8 Å². The van der Waals surface area contributed by atoms with Crippen LogP contribution in [0.3, 0.4) is 0 Å². The van der Waals surface area contributed by atoms with Crippen molar-refractivity contribution in [3.8, 4) is 0 Å². The molecule has 0 amide bonds. The Morgan fingerprint density at radius 2 is 1.72 bits per heavy atom. The van der Waals surface area contributed by atoms with Gasteiger partial charge < -0.3 is 10.1 Å². The van der Waals surface area contributed by atoms with Crippen LogP contribution in [0.15, 0.2) is 77.6 Å². The Kier molecular flexibility index (Phi) is 5.05. The topological polar surface area (TPSA) is 55.4 Å². The second-order valence-corrected chi connectivity index (χ2v) is 7.47. The van der Waals surface area contributed by atoms with Crippen LogP contribution in [0.5, 0.6) is 0 Å². The summed E-state index contributed by atoms with van der Waals surface area (Å²) >= 11 is 0.